The zero-order chi connectivity index (χ0) is 9.97. The Bertz CT molecular complexity index is 310. The Morgan fingerprint density at radius 3 is 3.14 bits per heavy atom. The lowest BCUT2D eigenvalue weighted by Gasteiger charge is -2.32. The molecule has 0 bridgehead atoms. The van der Waals surface area contributed by atoms with Gasteiger partial charge in [-0.05, 0) is 35.7 Å². The third-order valence-electron chi connectivity index (χ3n) is 2.61. The van der Waals surface area contributed by atoms with Crippen LogP contribution >= 0.6 is 11.3 Å². The third-order valence-corrected chi connectivity index (χ3v) is 3.31. The Kier molecular flexibility index (Phi) is 2.72. The van der Waals surface area contributed by atoms with Gasteiger partial charge in [-0.1, -0.05) is 0 Å². The van der Waals surface area contributed by atoms with Gasteiger partial charge < -0.3 is 10.2 Å². The minimum absolute atomic E-state index is 0.0648. The molecule has 1 N–H and O–H groups in total. The Hall–Kier alpha value is -1.03. The molecular weight excluding hydrogens is 196 g/mol. The summed E-state index contributed by atoms with van der Waals surface area (Å²) >= 11 is 1.67. The number of hydrogen-bond donors (Lipinski definition) is 1. The molecule has 3 nitrogen and oxygen atoms in total. The maximum absolute atomic E-state index is 11.5. The van der Waals surface area contributed by atoms with Crippen LogP contribution in [0.5, 0.6) is 0 Å². The first kappa shape index (κ1) is 9.52. The van der Waals surface area contributed by atoms with Gasteiger partial charge in [-0.25, -0.2) is 4.79 Å². The van der Waals surface area contributed by atoms with Gasteiger partial charge in [-0.3, -0.25) is 0 Å². The molecule has 2 heterocycles. The standard InChI is InChI=1S/C10H14N2OS/c1-8(9-3-6-14-7-9)12-5-2-4-11-10(12)13/h3,6-8H,2,4-5H2,1H3,(H,11,13). The summed E-state index contributed by atoms with van der Waals surface area (Å²) in [6, 6.07) is 2.34. The summed E-state index contributed by atoms with van der Waals surface area (Å²) in [5.41, 5.74) is 1.23. The highest BCUT2D eigenvalue weighted by Gasteiger charge is 2.23. The van der Waals surface area contributed by atoms with Crippen LogP contribution in [0.1, 0.15) is 24.9 Å². The zero-order valence-electron chi connectivity index (χ0n) is 8.19. The fourth-order valence-electron chi connectivity index (χ4n) is 1.71. The van der Waals surface area contributed by atoms with Gasteiger partial charge in [0.25, 0.3) is 0 Å². The van der Waals surface area contributed by atoms with Crippen LogP contribution in [0.25, 0.3) is 0 Å². The molecule has 1 aliphatic rings. The van der Waals surface area contributed by atoms with Gasteiger partial charge >= 0.3 is 6.03 Å². The highest BCUT2D eigenvalue weighted by Crippen LogP contribution is 2.23. The van der Waals surface area contributed by atoms with E-state index in [-0.39, 0.29) is 12.1 Å². The predicted octanol–water partition coefficient (Wildman–Crippen LogP) is 2.22. The lowest BCUT2D eigenvalue weighted by atomic mass is 10.1. The molecule has 1 fully saturated rings. The Balaban J connectivity index is 2.10. The van der Waals surface area contributed by atoms with Gasteiger partial charge in [-0.2, -0.15) is 11.3 Å². The van der Waals surface area contributed by atoms with Crippen molar-refractivity contribution >= 4 is 17.4 Å². The first-order valence-electron chi connectivity index (χ1n) is 4.85. The number of urea groups is 1. The van der Waals surface area contributed by atoms with E-state index in [1.165, 1.54) is 5.56 Å². The lowest BCUT2D eigenvalue weighted by molar-refractivity contribution is 0.166. The quantitative estimate of drug-likeness (QED) is 0.797. The van der Waals surface area contributed by atoms with Gasteiger partial charge in [0.1, 0.15) is 0 Å². The highest BCUT2D eigenvalue weighted by molar-refractivity contribution is 7.07. The number of carbonyl (C=O) groups is 1. The molecule has 0 saturated carbocycles. The van der Waals surface area contributed by atoms with Crippen LogP contribution in [0.3, 0.4) is 0 Å². The molecule has 1 saturated heterocycles. The molecule has 1 aliphatic heterocycles. The number of amides is 2. The average Bonchev–Trinajstić information content (AvgIpc) is 2.70. The molecular formula is C10H14N2OS. The van der Waals surface area contributed by atoms with Crippen molar-refractivity contribution in [1.29, 1.82) is 0 Å². The van der Waals surface area contributed by atoms with Crippen molar-refractivity contribution in [3.05, 3.63) is 22.4 Å². The maximum atomic E-state index is 11.5. The average molecular weight is 210 g/mol. The summed E-state index contributed by atoms with van der Waals surface area (Å²) in [4.78, 5) is 13.4. The second kappa shape index (κ2) is 4.00. The van der Waals surface area contributed by atoms with Crippen molar-refractivity contribution in [2.24, 2.45) is 0 Å². The molecule has 2 rings (SSSR count). The topological polar surface area (TPSA) is 32.3 Å². The van der Waals surface area contributed by atoms with E-state index in [0.717, 1.165) is 19.5 Å². The molecule has 76 valence electrons. The number of thiophene rings is 1. The fraction of sp³-hybridized carbons (Fsp3) is 0.500. The molecule has 1 aromatic heterocycles. The van der Waals surface area contributed by atoms with E-state index in [0.29, 0.717) is 0 Å². The summed E-state index contributed by atoms with van der Waals surface area (Å²) in [6.45, 7) is 3.75. The largest absolute Gasteiger partial charge is 0.338 e. The smallest absolute Gasteiger partial charge is 0.317 e. The fourth-order valence-corrected chi connectivity index (χ4v) is 2.46. The van der Waals surface area contributed by atoms with Gasteiger partial charge in [0.15, 0.2) is 0 Å². The molecule has 0 aromatic carbocycles. The van der Waals surface area contributed by atoms with Crippen molar-refractivity contribution in [3.8, 4) is 0 Å². The van der Waals surface area contributed by atoms with Crippen LogP contribution < -0.4 is 5.32 Å². The Morgan fingerprint density at radius 1 is 1.64 bits per heavy atom. The predicted molar refractivity (Wildman–Crippen MR) is 57.5 cm³/mol. The number of nitrogens with one attached hydrogen (secondary N) is 1. The normalized spacial score (nSPS) is 19.2. The summed E-state index contributed by atoms with van der Waals surface area (Å²) < 4.78 is 0. The maximum Gasteiger partial charge on any atom is 0.317 e. The highest BCUT2D eigenvalue weighted by atomic mass is 32.1. The van der Waals surface area contributed by atoms with E-state index in [1.807, 2.05) is 10.3 Å². The summed E-state index contributed by atoms with van der Waals surface area (Å²) in [5.74, 6) is 0. The third kappa shape index (κ3) is 1.75. The molecule has 1 atom stereocenters. The molecule has 14 heavy (non-hydrogen) atoms. The molecule has 1 unspecified atom stereocenters. The van der Waals surface area contributed by atoms with Gasteiger partial charge in [0.05, 0.1) is 6.04 Å². The SMILES string of the molecule is CC(c1ccsc1)N1CCCNC1=O. The summed E-state index contributed by atoms with van der Waals surface area (Å²) in [7, 11) is 0. The monoisotopic (exact) mass is 210 g/mol. The van der Waals surface area contributed by atoms with Crippen LogP contribution in [0.4, 0.5) is 4.79 Å². The van der Waals surface area contributed by atoms with Gasteiger partial charge in [-0.15, -0.1) is 0 Å². The van der Waals surface area contributed by atoms with Crippen molar-refractivity contribution < 1.29 is 4.79 Å². The van der Waals surface area contributed by atoms with Crippen LogP contribution in [0.15, 0.2) is 16.8 Å². The van der Waals surface area contributed by atoms with Crippen molar-refractivity contribution in [1.82, 2.24) is 10.2 Å². The number of hydrogen-bond acceptors (Lipinski definition) is 2. The lowest BCUT2D eigenvalue weighted by Crippen LogP contribution is -2.47. The molecule has 2 amide bonds. The molecule has 4 heteroatoms. The van der Waals surface area contributed by atoms with E-state index in [1.54, 1.807) is 11.3 Å². The Morgan fingerprint density at radius 2 is 2.50 bits per heavy atom. The first-order chi connectivity index (χ1) is 6.79. The minimum Gasteiger partial charge on any atom is -0.338 e. The number of carbonyl (C=O) groups excluding carboxylic acids is 1. The van der Waals surface area contributed by atoms with Crippen LogP contribution in [0.2, 0.25) is 0 Å². The van der Waals surface area contributed by atoms with Crippen LogP contribution in [-0.4, -0.2) is 24.0 Å². The van der Waals surface area contributed by atoms with Crippen molar-refractivity contribution in [2.75, 3.05) is 13.1 Å². The number of nitrogens with zero attached hydrogens (tertiary/aromatic N) is 1. The second-order valence-electron chi connectivity index (χ2n) is 3.51. The molecule has 0 radical (unpaired) electrons. The first-order valence-corrected chi connectivity index (χ1v) is 5.80. The zero-order valence-corrected chi connectivity index (χ0v) is 9.01. The van der Waals surface area contributed by atoms with Gasteiger partial charge in [0, 0.05) is 13.1 Å². The van der Waals surface area contributed by atoms with Crippen LogP contribution in [0, 0.1) is 0 Å². The second-order valence-corrected chi connectivity index (χ2v) is 4.29. The summed E-state index contributed by atoms with van der Waals surface area (Å²) in [6.07, 6.45) is 1.04. The van der Waals surface area contributed by atoms with E-state index >= 15 is 0 Å². The number of rotatable bonds is 2. The van der Waals surface area contributed by atoms with E-state index in [2.05, 4.69) is 23.7 Å². The van der Waals surface area contributed by atoms with Crippen molar-refractivity contribution in [3.63, 3.8) is 0 Å². The molecule has 0 aliphatic carbocycles. The van der Waals surface area contributed by atoms with Gasteiger partial charge in [0.2, 0.25) is 0 Å². The van der Waals surface area contributed by atoms with E-state index < -0.39 is 0 Å². The molecule has 0 spiro atoms. The Labute approximate surface area is 87.7 Å². The minimum atomic E-state index is 0.0648. The van der Waals surface area contributed by atoms with E-state index in [4.69, 9.17) is 0 Å². The van der Waals surface area contributed by atoms with Crippen molar-refractivity contribution in [2.45, 2.75) is 19.4 Å². The van der Waals surface area contributed by atoms with Crippen LogP contribution in [-0.2, 0) is 0 Å². The summed E-state index contributed by atoms with van der Waals surface area (Å²) in [5, 5.41) is 7.02. The molecule has 1 aromatic rings. The van der Waals surface area contributed by atoms with E-state index in [9.17, 15) is 4.79 Å².